The minimum Gasteiger partial charge on any atom is -0.352 e. The van der Waals surface area contributed by atoms with E-state index < -0.39 is 5.41 Å². The molecular weight excluding hydrogens is 291 g/mol. The second-order valence-electron chi connectivity index (χ2n) is 6.14. The Hall–Kier alpha value is -1.13. The van der Waals surface area contributed by atoms with Gasteiger partial charge in [-0.05, 0) is 56.8 Å². The van der Waals surface area contributed by atoms with Crippen LogP contribution in [0.3, 0.4) is 0 Å². The van der Waals surface area contributed by atoms with E-state index in [0.29, 0.717) is 18.0 Å². The van der Waals surface area contributed by atoms with Crippen LogP contribution in [-0.2, 0) is 10.2 Å². The summed E-state index contributed by atoms with van der Waals surface area (Å²) in [4.78, 5) is 12.5. The van der Waals surface area contributed by atoms with Gasteiger partial charge in [0.1, 0.15) is 5.82 Å². The molecule has 0 spiro atoms. The number of nitrogens with one attached hydrogen (secondary N) is 1. The van der Waals surface area contributed by atoms with E-state index in [1.165, 1.54) is 12.1 Å². The summed E-state index contributed by atoms with van der Waals surface area (Å²) >= 11 is 0. The van der Waals surface area contributed by atoms with Gasteiger partial charge < -0.3 is 11.1 Å². The summed E-state index contributed by atoms with van der Waals surface area (Å²) in [5.74, 6) is -0.0141. The third-order valence-corrected chi connectivity index (χ3v) is 4.39. The zero-order chi connectivity index (χ0) is 14.8. The molecular formula is C16H24ClFN2O. The number of hydrogen-bond donors (Lipinski definition) is 2. The monoisotopic (exact) mass is 314 g/mol. The molecule has 0 radical (unpaired) electrons. The molecule has 1 saturated carbocycles. The Bertz CT molecular complexity index is 493. The number of halogens is 2. The van der Waals surface area contributed by atoms with Gasteiger partial charge in [-0.1, -0.05) is 18.6 Å². The largest absolute Gasteiger partial charge is 0.352 e. The lowest BCUT2D eigenvalue weighted by Gasteiger charge is -2.28. The van der Waals surface area contributed by atoms with Crippen LogP contribution in [0.15, 0.2) is 24.3 Å². The van der Waals surface area contributed by atoms with Crippen molar-refractivity contribution in [2.75, 3.05) is 6.54 Å². The fourth-order valence-electron chi connectivity index (χ4n) is 2.87. The standard InChI is InChI=1S/C16H23FN2O.ClH/c1-16(2,12-6-4-7-13(17)9-12)15(20)19-14-8-3-5-11(14)10-18;/h4,6-7,9,11,14H,3,5,8,10,18H2,1-2H3,(H,19,20);1H. The van der Waals surface area contributed by atoms with Crippen molar-refractivity contribution in [3.8, 4) is 0 Å². The lowest BCUT2D eigenvalue weighted by molar-refractivity contribution is -0.126. The predicted molar refractivity (Wildman–Crippen MR) is 85.0 cm³/mol. The summed E-state index contributed by atoms with van der Waals surface area (Å²) in [5, 5.41) is 3.10. The van der Waals surface area contributed by atoms with Gasteiger partial charge in [0.15, 0.2) is 0 Å². The van der Waals surface area contributed by atoms with Crippen LogP contribution in [0.2, 0.25) is 0 Å². The van der Waals surface area contributed by atoms with Crippen molar-refractivity contribution in [2.45, 2.75) is 44.6 Å². The molecule has 0 aromatic heterocycles. The molecule has 1 amide bonds. The third kappa shape index (κ3) is 3.95. The maximum Gasteiger partial charge on any atom is 0.230 e. The molecule has 0 saturated heterocycles. The quantitative estimate of drug-likeness (QED) is 0.898. The minimum absolute atomic E-state index is 0. The second-order valence-corrected chi connectivity index (χ2v) is 6.14. The van der Waals surface area contributed by atoms with Crippen LogP contribution in [0, 0.1) is 11.7 Å². The molecule has 3 N–H and O–H groups in total. The lowest BCUT2D eigenvalue weighted by atomic mass is 9.83. The number of benzene rings is 1. The fraction of sp³-hybridized carbons (Fsp3) is 0.562. The number of rotatable bonds is 4. The van der Waals surface area contributed by atoms with Crippen LogP contribution in [-0.4, -0.2) is 18.5 Å². The van der Waals surface area contributed by atoms with Crippen LogP contribution in [0.4, 0.5) is 4.39 Å². The van der Waals surface area contributed by atoms with E-state index >= 15 is 0 Å². The molecule has 0 heterocycles. The Balaban J connectivity index is 0.00000220. The lowest BCUT2D eigenvalue weighted by Crippen LogP contribution is -2.47. The van der Waals surface area contributed by atoms with E-state index in [1.807, 2.05) is 13.8 Å². The average molecular weight is 315 g/mol. The molecule has 1 fully saturated rings. The highest BCUT2D eigenvalue weighted by atomic mass is 35.5. The van der Waals surface area contributed by atoms with Gasteiger partial charge in [0.2, 0.25) is 5.91 Å². The second kappa shape index (κ2) is 7.23. The Morgan fingerprint density at radius 3 is 2.76 bits per heavy atom. The van der Waals surface area contributed by atoms with Crippen molar-refractivity contribution in [1.29, 1.82) is 0 Å². The normalized spacial score (nSPS) is 21.7. The molecule has 0 bridgehead atoms. The molecule has 1 aliphatic carbocycles. The number of nitrogens with two attached hydrogens (primary N) is 1. The smallest absolute Gasteiger partial charge is 0.230 e. The molecule has 1 aromatic rings. The highest BCUT2D eigenvalue weighted by Crippen LogP contribution is 2.28. The van der Waals surface area contributed by atoms with E-state index in [1.54, 1.807) is 12.1 Å². The Morgan fingerprint density at radius 1 is 1.43 bits per heavy atom. The molecule has 3 nitrogen and oxygen atoms in total. The van der Waals surface area contributed by atoms with Crippen LogP contribution < -0.4 is 11.1 Å². The van der Waals surface area contributed by atoms with E-state index in [4.69, 9.17) is 5.73 Å². The Labute approximate surface area is 131 Å². The first-order valence-corrected chi connectivity index (χ1v) is 7.22. The summed E-state index contributed by atoms with van der Waals surface area (Å²) in [5.41, 5.74) is 5.68. The molecule has 21 heavy (non-hydrogen) atoms. The highest BCUT2D eigenvalue weighted by Gasteiger charge is 2.34. The molecule has 1 aliphatic rings. The van der Waals surface area contributed by atoms with Crippen molar-refractivity contribution in [1.82, 2.24) is 5.32 Å². The van der Waals surface area contributed by atoms with E-state index in [0.717, 1.165) is 19.3 Å². The summed E-state index contributed by atoms with van der Waals surface area (Å²) in [6, 6.07) is 6.39. The Morgan fingerprint density at radius 2 is 2.14 bits per heavy atom. The highest BCUT2D eigenvalue weighted by molar-refractivity contribution is 5.87. The first-order valence-electron chi connectivity index (χ1n) is 7.22. The molecule has 2 rings (SSSR count). The van der Waals surface area contributed by atoms with Crippen LogP contribution in [0.5, 0.6) is 0 Å². The van der Waals surface area contributed by atoms with Gasteiger partial charge in [0.25, 0.3) is 0 Å². The zero-order valence-corrected chi connectivity index (χ0v) is 13.4. The molecule has 1 aromatic carbocycles. The van der Waals surface area contributed by atoms with Gasteiger partial charge in [0, 0.05) is 6.04 Å². The first-order chi connectivity index (χ1) is 9.45. The summed E-state index contributed by atoms with van der Waals surface area (Å²) in [7, 11) is 0. The number of hydrogen-bond acceptors (Lipinski definition) is 2. The molecule has 5 heteroatoms. The summed E-state index contributed by atoms with van der Waals surface area (Å²) in [6.45, 7) is 4.25. The van der Waals surface area contributed by atoms with Crippen molar-refractivity contribution < 1.29 is 9.18 Å². The van der Waals surface area contributed by atoms with Gasteiger partial charge in [0.05, 0.1) is 5.41 Å². The number of carbonyl (C=O) groups excluding carboxylic acids is 1. The van der Waals surface area contributed by atoms with E-state index in [9.17, 15) is 9.18 Å². The van der Waals surface area contributed by atoms with Gasteiger partial charge in [-0.3, -0.25) is 4.79 Å². The van der Waals surface area contributed by atoms with Gasteiger partial charge in [-0.2, -0.15) is 0 Å². The van der Waals surface area contributed by atoms with E-state index in [2.05, 4.69) is 5.32 Å². The summed E-state index contributed by atoms with van der Waals surface area (Å²) in [6.07, 6.45) is 3.15. The van der Waals surface area contributed by atoms with Crippen LogP contribution in [0.25, 0.3) is 0 Å². The first kappa shape index (κ1) is 17.9. The van der Waals surface area contributed by atoms with Crippen molar-refractivity contribution in [3.63, 3.8) is 0 Å². The topological polar surface area (TPSA) is 55.1 Å². The molecule has 118 valence electrons. The van der Waals surface area contributed by atoms with Crippen molar-refractivity contribution in [3.05, 3.63) is 35.6 Å². The molecule has 0 aliphatic heterocycles. The minimum atomic E-state index is -0.746. The van der Waals surface area contributed by atoms with Gasteiger partial charge in [-0.15, -0.1) is 12.4 Å². The van der Waals surface area contributed by atoms with E-state index in [-0.39, 0.29) is 30.2 Å². The van der Waals surface area contributed by atoms with Gasteiger partial charge in [-0.25, -0.2) is 4.39 Å². The average Bonchev–Trinajstić information content (AvgIpc) is 2.86. The number of amides is 1. The molecule has 2 unspecified atom stereocenters. The maximum absolute atomic E-state index is 13.3. The van der Waals surface area contributed by atoms with Crippen molar-refractivity contribution >= 4 is 18.3 Å². The third-order valence-electron chi connectivity index (χ3n) is 4.39. The predicted octanol–water partition coefficient (Wildman–Crippen LogP) is 2.77. The summed E-state index contributed by atoms with van der Waals surface area (Å²) < 4.78 is 13.3. The fourth-order valence-corrected chi connectivity index (χ4v) is 2.87. The van der Waals surface area contributed by atoms with Crippen LogP contribution in [0.1, 0.15) is 38.7 Å². The SMILES string of the molecule is CC(C)(C(=O)NC1CCCC1CN)c1cccc(F)c1.Cl. The van der Waals surface area contributed by atoms with Gasteiger partial charge >= 0.3 is 0 Å². The zero-order valence-electron chi connectivity index (χ0n) is 12.6. The number of carbonyl (C=O) groups is 1. The van der Waals surface area contributed by atoms with Crippen molar-refractivity contribution in [2.24, 2.45) is 11.7 Å². The maximum atomic E-state index is 13.3. The Kier molecular flexibility index (Phi) is 6.17. The molecule has 2 atom stereocenters. The van der Waals surface area contributed by atoms with Crippen LogP contribution >= 0.6 is 12.4 Å².